The molecule has 2 amide bonds. The van der Waals surface area contributed by atoms with Crippen LogP contribution in [0.25, 0.3) is 16.6 Å². The summed E-state index contributed by atoms with van der Waals surface area (Å²) < 4.78 is 1.76. The molecule has 1 aliphatic carbocycles. The Kier molecular flexibility index (Phi) is 5.71. The molecule has 1 aromatic carbocycles. The smallest absolute Gasteiger partial charge is 0.270 e. The van der Waals surface area contributed by atoms with Crippen molar-refractivity contribution < 1.29 is 9.59 Å². The van der Waals surface area contributed by atoms with Gasteiger partial charge in [-0.25, -0.2) is 4.52 Å². The van der Waals surface area contributed by atoms with E-state index in [0.29, 0.717) is 29.4 Å². The lowest BCUT2D eigenvalue weighted by molar-refractivity contribution is 0.0944. The van der Waals surface area contributed by atoms with Crippen LogP contribution in [0.3, 0.4) is 0 Å². The predicted molar refractivity (Wildman–Crippen MR) is 130 cm³/mol. The van der Waals surface area contributed by atoms with E-state index in [4.69, 9.17) is 5.73 Å². The van der Waals surface area contributed by atoms with Crippen LogP contribution in [0.2, 0.25) is 0 Å². The molecule has 0 aliphatic heterocycles. The minimum Gasteiger partial charge on any atom is -0.380 e. The van der Waals surface area contributed by atoms with Crippen LogP contribution >= 0.6 is 0 Å². The van der Waals surface area contributed by atoms with Crippen LogP contribution in [0.4, 0.5) is 5.69 Å². The molecule has 3 aromatic heterocycles. The molecule has 8 nitrogen and oxygen atoms in total. The zero-order chi connectivity index (χ0) is 23.7. The number of nitrogens with one attached hydrogen (secondary N) is 2. The normalized spacial score (nSPS) is 14.0. The lowest BCUT2D eigenvalue weighted by Gasteiger charge is -2.17. The Hall–Kier alpha value is -4.20. The second-order valence-corrected chi connectivity index (χ2v) is 8.72. The van der Waals surface area contributed by atoms with E-state index in [0.717, 1.165) is 22.2 Å². The number of fused-ring (bicyclic) bond motifs is 1. The van der Waals surface area contributed by atoms with E-state index in [1.54, 1.807) is 28.9 Å². The summed E-state index contributed by atoms with van der Waals surface area (Å²) in [6, 6.07) is 15.4. The second kappa shape index (κ2) is 8.97. The van der Waals surface area contributed by atoms with E-state index >= 15 is 0 Å². The molecule has 0 radical (unpaired) electrons. The van der Waals surface area contributed by atoms with Crippen molar-refractivity contribution in [1.29, 1.82) is 0 Å². The molecule has 0 spiro atoms. The van der Waals surface area contributed by atoms with Crippen molar-refractivity contribution in [2.45, 2.75) is 32.4 Å². The largest absolute Gasteiger partial charge is 0.380 e. The summed E-state index contributed by atoms with van der Waals surface area (Å²) in [7, 11) is 0. The highest BCUT2D eigenvalue weighted by molar-refractivity contribution is 6.02. The zero-order valence-electron chi connectivity index (χ0n) is 18.9. The highest BCUT2D eigenvalue weighted by Gasteiger charge is 2.29. The summed E-state index contributed by atoms with van der Waals surface area (Å²) in [5.74, 6) is -0.112. The summed E-state index contributed by atoms with van der Waals surface area (Å²) in [6.45, 7) is 2.51. The fourth-order valence-electron chi connectivity index (χ4n) is 4.13. The van der Waals surface area contributed by atoms with Gasteiger partial charge in [-0.3, -0.25) is 14.6 Å². The van der Waals surface area contributed by atoms with E-state index < -0.39 is 5.91 Å². The molecule has 4 aromatic rings. The van der Waals surface area contributed by atoms with E-state index in [1.807, 2.05) is 36.5 Å². The third kappa shape index (κ3) is 4.47. The van der Waals surface area contributed by atoms with Gasteiger partial charge in [0.15, 0.2) is 0 Å². The molecular formula is C26H26N6O2. The number of aromatic nitrogens is 3. The van der Waals surface area contributed by atoms with Gasteiger partial charge in [-0.15, -0.1) is 0 Å². The Labute approximate surface area is 197 Å². The SMILES string of the molecule is C[C@@H](Nc1c(C(N)=O)cnn2cc(-c3cccc(CNC(=O)c4ccccn4)c3)cc12)C1CC1. The van der Waals surface area contributed by atoms with Crippen molar-refractivity contribution in [3.05, 3.63) is 83.9 Å². The first kappa shape index (κ1) is 21.6. The van der Waals surface area contributed by atoms with Crippen molar-refractivity contribution in [3.63, 3.8) is 0 Å². The summed E-state index contributed by atoms with van der Waals surface area (Å²) in [5, 5.41) is 10.8. The molecule has 0 saturated heterocycles. The Bertz CT molecular complexity index is 1360. The van der Waals surface area contributed by atoms with Crippen LogP contribution in [-0.2, 0) is 6.54 Å². The van der Waals surface area contributed by atoms with Crippen molar-refractivity contribution >= 4 is 23.0 Å². The highest BCUT2D eigenvalue weighted by Crippen LogP contribution is 2.36. The molecule has 3 heterocycles. The van der Waals surface area contributed by atoms with Crippen molar-refractivity contribution in [2.75, 3.05) is 5.32 Å². The van der Waals surface area contributed by atoms with Crippen molar-refractivity contribution in [3.8, 4) is 11.1 Å². The fraction of sp³-hybridized carbons (Fsp3) is 0.231. The number of amides is 2. The fourth-order valence-corrected chi connectivity index (χ4v) is 4.13. The zero-order valence-corrected chi connectivity index (χ0v) is 18.9. The molecule has 1 saturated carbocycles. The molecule has 0 unspecified atom stereocenters. The average molecular weight is 455 g/mol. The van der Waals surface area contributed by atoms with Gasteiger partial charge in [0, 0.05) is 30.5 Å². The number of rotatable bonds is 8. The Morgan fingerprint density at radius 2 is 2.00 bits per heavy atom. The maximum atomic E-state index is 12.3. The number of nitrogens with zero attached hydrogens (tertiary/aromatic N) is 3. The number of primary amides is 1. The monoisotopic (exact) mass is 454 g/mol. The summed E-state index contributed by atoms with van der Waals surface area (Å²) in [5.41, 5.74) is 10.8. The average Bonchev–Trinajstić information content (AvgIpc) is 3.62. The maximum Gasteiger partial charge on any atom is 0.270 e. The number of hydrogen-bond donors (Lipinski definition) is 3. The first-order valence-electron chi connectivity index (χ1n) is 11.4. The number of carbonyl (C=O) groups excluding carboxylic acids is 2. The summed E-state index contributed by atoms with van der Waals surface area (Å²) in [4.78, 5) is 28.5. The maximum absolute atomic E-state index is 12.3. The molecule has 8 heteroatoms. The minimum absolute atomic E-state index is 0.218. The second-order valence-electron chi connectivity index (χ2n) is 8.72. The standard InChI is InChI=1S/C26H26N6O2/c1-16(18-8-9-18)31-24-21(25(27)33)14-30-32-15-20(12-23(24)32)19-6-4-5-17(11-19)13-29-26(34)22-7-2-3-10-28-22/h2-7,10-12,14-16,18,31H,8-9,13H2,1H3,(H2,27,33)(H,29,34)/t16-/m1/s1. The molecule has 1 atom stereocenters. The van der Waals surface area contributed by atoms with Crippen molar-refractivity contribution in [1.82, 2.24) is 19.9 Å². The predicted octanol–water partition coefficient (Wildman–Crippen LogP) is 3.64. The van der Waals surface area contributed by atoms with Gasteiger partial charge >= 0.3 is 0 Å². The number of carbonyl (C=O) groups is 2. The van der Waals surface area contributed by atoms with Gasteiger partial charge in [0.1, 0.15) is 5.69 Å². The van der Waals surface area contributed by atoms with Gasteiger partial charge in [0.05, 0.1) is 23.0 Å². The quantitative estimate of drug-likeness (QED) is 0.376. The molecular weight excluding hydrogens is 428 g/mol. The summed E-state index contributed by atoms with van der Waals surface area (Å²) in [6.07, 6.45) is 7.43. The van der Waals surface area contributed by atoms with Gasteiger partial charge in [0.2, 0.25) is 0 Å². The molecule has 1 fully saturated rings. The molecule has 1 aliphatic rings. The van der Waals surface area contributed by atoms with E-state index in [-0.39, 0.29) is 11.9 Å². The Balaban J connectivity index is 1.42. The lowest BCUT2D eigenvalue weighted by atomic mass is 10.1. The number of hydrogen-bond acceptors (Lipinski definition) is 5. The van der Waals surface area contributed by atoms with Gasteiger partial charge in [0.25, 0.3) is 11.8 Å². The van der Waals surface area contributed by atoms with Crippen LogP contribution in [-0.4, -0.2) is 32.5 Å². The third-order valence-corrected chi connectivity index (χ3v) is 6.21. The number of benzene rings is 1. The third-order valence-electron chi connectivity index (χ3n) is 6.21. The van der Waals surface area contributed by atoms with Crippen molar-refractivity contribution in [2.24, 2.45) is 11.7 Å². The van der Waals surface area contributed by atoms with E-state index in [2.05, 4.69) is 27.6 Å². The van der Waals surface area contributed by atoms with Gasteiger partial charge in [-0.05, 0) is 61.1 Å². The van der Waals surface area contributed by atoms with Crippen LogP contribution in [0, 0.1) is 5.92 Å². The number of anilines is 1. The van der Waals surface area contributed by atoms with Gasteiger partial charge in [-0.1, -0.05) is 24.3 Å². The van der Waals surface area contributed by atoms with Crippen LogP contribution in [0.1, 0.15) is 46.2 Å². The molecule has 5 rings (SSSR count). The number of pyridine rings is 1. The molecule has 0 bridgehead atoms. The lowest BCUT2D eigenvalue weighted by Crippen LogP contribution is -2.23. The topological polar surface area (TPSA) is 114 Å². The Morgan fingerprint density at radius 3 is 2.74 bits per heavy atom. The van der Waals surface area contributed by atoms with E-state index in [1.165, 1.54) is 19.0 Å². The summed E-state index contributed by atoms with van der Waals surface area (Å²) >= 11 is 0. The van der Waals surface area contributed by atoms with Crippen LogP contribution < -0.4 is 16.4 Å². The minimum atomic E-state index is -0.506. The number of nitrogens with two attached hydrogens (primary N) is 1. The van der Waals surface area contributed by atoms with Gasteiger partial charge < -0.3 is 16.4 Å². The van der Waals surface area contributed by atoms with Crippen LogP contribution in [0.15, 0.2) is 67.1 Å². The molecule has 172 valence electrons. The Morgan fingerprint density at radius 1 is 1.15 bits per heavy atom. The van der Waals surface area contributed by atoms with Gasteiger partial charge in [-0.2, -0.15) is 5.10 Å². The van der Waals surface area contributed by atoms with E-state index in [9.17, 15) is 9.59 Å². The molecule has 34 heavy (non-hydrogen) atoms. The first-order valence-corrected chi connectivity index (χ1v) is 11.4. The molecule has 4 N–H and O–H groups in total. The van der Waals surface area contributed by atoms with Crippen LogP contribution in [0.5, 0.6) is 0 Å². The highest BCUT2D eigenvalue weighted by atomic mass is 16.2. The first-order chi connectivity index (χ1) is 16.5.